The number of phenolic OH excluding ortho intramolecular Hbond substituents is 1. The summed E-state index contributed by atoms with van der Waals surface area (Å²) in [5.41, 5.74) is 1.05. The Morgan fingerprint density at radius 3 is 2.68 bits per heavy atom. The Kier molecular flexibility index (Phi) is 6.32. The third-order valence-corrected chi connectivity index (χ3v) is 5.51. The van der Waals surface area contributed by atoms with Gasteiger partial charge in [-0.15, -0.1) is 0 Å². The van der Waals surface area contributed by atoms with E-state index in [2.05, 4.69) is 10.2 Å². The molecule has 138 valence electrons. The third-order valence-electron chi connectivity index (χ3n) is 5.51. The van der Waals surface area contributed by atoms with Gasteiger partial charge in [-0.2, -0.15) is 0 Å². The van der Waals surface area contributed by atoms with Gasteiger partial charge in [0.15, 0.2) is 0 Å². The molecule has 2 aliphatic rings. The number of ether oxygens (including phenoxy) is 1. The number of morpholine rings is 1. The quantitative estimate of drug-likeness (QED) is 0.830. The number of rotatable bonds is 6. The Labute approximate surface area is 150 Å². The second-order valence-electron chi connectivity index (χ2n) is 7.57. The van der Waals surface area contributed by atoms with Crippen molar-refractivity contribution in [3.8, 4) is 5.75 Å². The van der Waals surface area contributed by atoms with Gasteiger partial charge in [0.2, 0.25) is 5.91 Å². The van der Waals surface area contributed by atoms with E-state index in [0.717, 1.165) is 45.0 Å². The van der Waals surface area contributed by atoms with Gasteiger partial charge in [0.05, 0.1) is 19.6 Å². The van der Waals surface area contributed by atoms with Crippen molar-refractivity contribution in [3.05, 3.63) is 29.8 Å². The first-order valence-corrected chi connectivity index (χ1v) is 9.50. The molecule has 5 nitrogen and oxygen atoms in total. The summed E-state index contributed by atoms with van der Waals surface area (Å²) in [5, 5.41) is 12.7. The average Bonchev–Trinajstić information content (AvgIpc) is 2.62. The number of hydrogen-bond acceptors (Lipinski definition) is 4. The van der Waals surface area contributed by atoms with E-state index in [0.29, 0.717) is 6.42 Å². The zero-order valence-corrected chi connectivity index (χ0v) is 15.0. The monoisotopic (exact) mass is 346 g/mol. The van der Waals surface area contributed by atoms with Gasteiger partial charge in [0, 0.05) is 31.6 Å². The minimum atomic E-state index is 0.0394. The Balaban J connectivity index is 1.55. The van der Waals surface area contributed by atoms with E-state index >= 15 is 0 Å². The first kappa shape index (κ1) is 18.2. The Hall–Kier alpha value is -1.59. The lowest BCUT2D eigenvalue weighted by Gasteiger charge is -2.42. The number of carbonyl (C=O) groups is 1. The van der Waals surface area contributed by atoms with Crippen molar-refractivity contribution in [2.75, 3.05) is 39.4 Å². The molecular weight excluding hydrogens is 316 g/mol. The SMILES string of the molecule is O=C(Cc1cccc(O)c1)NCC1(CN2CCOCC2)CCCCC1. The van der Waals surface area contributed by atoms with Gasteiger partial charge in [-0.05, 0) is 30.5 Å². The highest BCUT2D eigenvalue weighted by Gasteiger charge is 2.34. The van der Waals surface area contributed by atoms with E-state index in [9.17, 15) is 9.90 Å². The third kappa shape index (κ3) is 5.44. The van der Waals surface area contributed by atoms with Crippen LogP contribution in [0.1, 0.15) is 37.7 Å². The molecule has 0 spiro atoms. The average molecular weight is 346 g/mol. The van der Waals surface area contributed by atoms with Crippen LogP contribution in [-0.2, 0) is 16.0 Å². The molecule has 1 amide bonds. The molecule has 25 heavy (non-hydrogen) atoms. The summed E-state index contributed by atoms with van der Waals surface area (Å²) < 4.78 is 5.46. The van der Waals surface area contributed by atoms with Crippen LogP contribution < -0.4 is 5.32 Å². The highest BCUT2D eigenvalue weighted by Crippen LogP contribution is 2.36. The van der Waals surface area contributed by atoms with E-state index in [1.807, 2.05) is 6.07 Å². The molecule has 0 bridgehead atoms. The molecule has 0 aromatic heterocycles. The van der Waals surface area contributed by atoms with Gasteiger partial charge < -0.3 is 15.2 Å². The molecule has 1 heterocycles. The largest absolute Gasteiger partial charge is 0.508 e. The molecule has 0 radical (unpaired) electrons. The molecule has 0 atom stereocenters. The fraction of sp³-hybridized carbons (Fsp3) is 0.650. The van der Waals surface area contributed by atoms with Crippen molar-refractivity contribution in [1.29, 1.82) is 0 Å². The van der Waals surface area contributed by atoms with Gasteiger partial charge in [0.25, 0.3) is 0 Å². The van der Waals surface area contributed by atoms with Crippen molar-refractivity contribution in [3.63, 3.8) is 0 Å². The summed E-state index contributed by atoms with van der Waals surface area (Å²) in [4.78, 5) is 14.9. The minimum Gasteiger partial charge on any atom is -0.508 e. The lowest BCUT2D eigenvalue weighted by atomic mass is 9.73. The van der Waals surface area contributed by atoms with E-state index < -0.39 is 0 Å². The normalized spacial score (nSPS) is 21.0. The van der Waals surface area contributed by atoms with Crippen molar-refractivity contribution in [2.45, 2.75) is 38.5 Å². The molecule has 1 aromatic rings. The highest BCUT2D eigenvalue weighted by atomic mass is 16.5. The lowest BCUT2D eigenvalue weighted by molar-refractivity contribution is -0.121. The van der Waals surface area contributed by atoms with Gasteiger partial charge in [-0.3, -0.25) is 9.69 Å². The first-order valence-electron chi connectivity index (χ1n) is 9.50. The zero-order valence-electron chi connectivity index (χ0n) is 15.0. The molecule has 1 aliphatic carbocycles. The van der Waals surface area contributed by atoms with Crippen LogP contribution in [0.3, 0.4) is 0 Å². The van der Waals surface area contributed by atoms with Gasteiger partial charge >= 0.3 is 0 Å². The molecule has 1 aromatic carbocycles. The van der Waals surface area contributed by atoms with Crippen molar-refractivity contribution in [2.24, 2.45) is 5.41 Å². The van der Waals surface area contributed by atoms with Gasteiger partial charge in [0.1, 0.15) is 5.75 Å². The summed E-state index contributed by atoms with van der Waals surface area (Å²) >= 11 is 0. The van der Waals surface area contributed by atoms with E-state index in [1.165, 1.54) is 32.1 Å². The summed E-state index contributed by atoms with van der Waals surface area (Å²) in [7, 11) is 0. The van der Waals surface area contributed by atoms with E-state index in [-0.39, 0.29) is 17.1 Å². The van der Waals surface area contributed by atoms with Crippen LogP contribution in [0.2, 0.25) is 0 Å². The van der Waals surface area contributed by atoms with Crippen LogP contribution >= 0.6 is 0 Å². The number of benzene rings is 1. The standard InChI is InChI=1S/C20H30N2O3/c23-18-6-4-5-17(13-18)14-19(24)21-15-20(7-2-1-3-8-20)16-22-9-11-25-12-10-22/h4-6,13,23H,1-3,7-12,14-16H2,(H,21,24). The summed E-state index contributed by atoms with van der Waals surface area (Å²) in [6.45, 7) is 5.45. The second kappa shape index (κ2) is 8.68. The molecule has 2 N–H and O–H groups in total. The first-order chi connectivity index (χ1) is 12.2. The number of aromatic hydroxyl groups is 1. The van der Waals surface area contributed by atoms with Crippen molar-refractivity contribution >= 4 is 5.91 Å². The van der Waals surface area contributed by atoms with Crippen molar-refractivity contribution in [1.82, 2.24) is 10.2 Å². The van der Waals surface area contributed by atoms with E-state index in [4.69, 9.17) is 4.74 Å². The zero-order chi connectivity index (χ0) is 17.5. The van der Waals surface area contributed by atoms with E-state index in [1.54, 1.807) is 18.2 Å². The maximum Gasteiger partial charge on any atom is 0.224 e. The molecule has 1 aliphatic heterocycles. The molecule has 5 heteroatoms. The number of nitrogens with zero attached hydrogens (tertiary/aromatic N) is 1. The van der Waals surface area contributed by atoms with Gasteiger partial charge in [-0.25, -0.2) is 0 Å². The maximum atomic E-state index is 12.4. The molecule has 1 saturated heterocycles. The van der Waals surface area contributed by atoms with Crippen LogP contribution in [-0.4, -0.2) is 55.3 Å². The number of phenols is 1. The fourth-order valence-corrected chi connectivity index (χ4v) is 4.13. The van der Waals surface area contributed by atoms with Crippen LogP contribution in [0.25, 0.3) is 0 Å². The Morgan fingerprint density at radius 1 is 1.20 bits per heavy atom. The van der Waals surface area contributed by atoms with Crippen LogP contribution in [0.15, 0.2) is 24.3 Å². The van der Waals surface area contributed by atoms with Crippen LogP contribution in [0.5, 0.6) is 5.75 Å². The fourth-order valence-electron chi connectivity index (χ4n) is 4.13. The lowest BCUT2D eigenvalue weighted by Crippen LogP contribution is -2.49. The molecule has 1 saturated carbocycles. The Morgan fingerprint density at radius 2 is 1.96 bits per heavy atom. The Bertz CT molecular complexity index is 564. The smallest absolute Gasteiger partial charge is 0.224 e. The molecular formula is C20H30N2O3. The number of hydrogen-bond donors (Lipinski definition) is 2. The second-order valence-corrected chi connectivity index (χ2v) is 7.57. The maximum absolute atomic E-state index is 12.4. The van der Waals surface area contributed by atoms with Crippen LogP contribution in [0, 0.1) is 5.41 Å². The summed E-state index contributed by atoms with van der Waals surface area (Å²) in [5.74, 6) is 0.249. The summed E-state index contributed by atoms with van der Waals surface area (Å²) in [6, 6.07) is 6.94. The number of amides is 1. The molecule has 2 fully saturated rings. The molecule has 0 unspecified atom stereocenters. The summed E-state index contributed by atoms with van der Waals surface area (Å²) in [6.07, 6.45) is 6.52. The predicted molar refractivity (Wildman–Crippen MR) is 97.6 cm³/mol. The minimum absolute atomic E-state index is 0.0394. The topological polar surface area (TPSA) is 61.8 Å². The number of carbonyl (C=O) groups excluding carboxylic acids is 1. The van der Waals surface area contributed by atoms with Gasteiger partial charge in [-0.1, -0.05) is 31.4 Å². The predicted octanol–water partition coefficient (Wildman–Crippen LogP) is 2.33. The highest BCUT2D eigenvalue weighted by molar-refractivity contribution is 5.78. The molecule has 3 rings (SSSR count). The number of nitrogens with one attached hydrogen (secondary N) is 1. The van der Waals surface area contributed by atoms with Crippen LogP contribution in [0.4, 0.5) is 0 Å². The van der Waals surface area contributed by atoms with Crippen molar-refractivity contribution < 1.29 is 14.6 Å².